The molecule has 0 aromatic heterocycles. The van der Waals surface area contributed by atoms with Gasteiger partial charge in [-0.05, 0) is 25.0 Å². The maximum absolute atomic E-state index is 12.4. The molecule has 1 amide bonds. The Morgan fingerprint density at radius 3 is 2.70 bits per heavy atom. The summed E-state index contributed by atoms with van der Waals surface area (Å²) in [5, 5.41) is 9.42. The summed E-state index contributed by atoms with van der Waals surface area (Å²) in [4.78, 5) is 14.2. The van der Waals surface area contributed by atoms with E-state index in [4.69, 9.17) is 33.0 Å². The van der Waals surface area contributed by atoms with Crippen molar-refractivity contribution in [3.05, 3.63) is 33.8 Å². The second-order valence-electron chi connectivity index (χ2n) is 4.69. The molecular formula is C14H17Cl2NO3. The number of carbonyl (C=O) groups is 1. The fourth-order valence-electron chi connectivity index (χ4n) is 2.28. The standard InChI is InChI=1S/C14H17Cl2NO3/c15-12-3-1-2-11(13(12)16)14(19)17-6-4-10(5-7-17)20-9-8-18/h1-3,10,18H,4-9H2. The van der Waals surface area contributed by atoms with E-state index in [-0.39, 0.29) is 18.6 Å². The van der Waals surface area contributed by atoms with Gasteiger partial charge in [0, 0.05) is 13.1 Å². The van der Waals surface area contributed by atoms with E-state index in [1.54, 1.807) is 23.1 Å². The van der Waals surface area contributed by atoms with Crippen LogP contribution in [0.4, 0.5) is 0 Å². The number of ether oxygens (including phenoxy) is 1. The molecule has 1 aromatic rings. The largest absolute Gasteiger partial charge is 0.394 e. The van der Waals surface area contributed by atoms with Crippen molar-refractivity contribution in [3.8, 4) is 0 Å². The normalized spacial score (nSPS) is 16.4. The van der Waals surface area contributed by atoms with Crippen LogP contribution >= 0.6 is 23.2 Å². The first-order valence-corrected chi connectivity index (χ1v) is 7.35. The van der Waals surface area contributed by atoms with Crippen molar-refractivity contribution in [1.82, 2.24) is 4.90 Å². The number of benzene rings is 1. The third kappa shape index (κ3) is 3.64. The van der Waals surface area contributed by atoms with Gasteiger partial charge in [0.05, 0.1) is 34.9 Å². The number of aliphatic hydroxyl groups excluding tert-OH is 1. The van der Waals surface area contributed by atoms with Crippen LogP contribution in [0.2, 0.25) is 10.0 Å². The molecular weight excluding hydrogens is 301 g/mol. The van der Waals surface area contributed by atoms with Crippen molar-refractivity contribution in [2.24, 2.45) is 0 Å². The zero-order valence-electron chi connectivity index (χ0n) is 11.0. The summed E-state index contributed by atoms with van der Waals surface area (Å²) in [6.45, 7) is 1.62. The maximum atomic E-state index is 12.4. The van der Waals surface area contributed by atoms with Crippen molar-refractivity contribution in [1.29, 1.82) is 0 Å². The van der Waals surface area contributed by atoms with E-state index in [9.17, 15) is 4.79 Å². The highest BCUT2D eigenvalue weighted by Crippen LogP contribution is 2.27. The average Bonchev–Trinajstić information content (AvgIpc) is 2.48. The summed E-state index contributed by atoms with van der Waals surface area (Å²) in [5.41, 5.74) is 0.439. The molecule has 0 saturated carbocycles. The monoisotopic (exact) mass is 317 g/mol. The molecule has 1 aliphatic rings. The number of piperidine rings is 1. The summed E-state index contributed by atoms with van der Waals surface area (Å²) < 4.78 is 5.47. The molecule has 0 atom stereocenters. The average molecular weight is 318 g/mol. The highest BCUT2D eigenvalue weighted by molar-refractivity contribution is 6.43. The fourth-order valence-corrected chi connectivity index (χ4v) is 2.67. The lowest BCUT2D eigenvalue weighted by atomic mass is 10.1. The topological polar surface area (TPSA) is 49.8 Å². The van der Waals surface area contributed by atoms with Gasteiger partial charge in [0.2, 0.25) is 0 Å². The van der Waals surface area contributed by atoms with Crippen molar-refractivity contribution in [2.45, 2.75) is 18.9 Å². The first kappa shape index (κ1) is 15.6. The van der Waals surface area contributed by atoms with Crippen molar-refractivity contribution < 1.29 is 14.6 Å². The Morgan fingerprint density at radius 1 is 1.35 bits per heavy atom. The van der Waals surface area contributed by atoms with Crippen LogP contribution in [0.15, 0.2) is 18.2 Å². The van der Waals surface area contributed by atoms with Gasteiger partial charge in [0.15, 0.2) is 0 Å². The second kappa shape index (κ2) is 7.27. The van der Waals surface area contributed by atoms with E-state index in [0.717, 1.165) is 12.8 Å². The third-order valence-electron chi connectivity index (χ3n) is 3.36. The summed E-state index contributed by atoms with van der Waals surface area (Å²) >= 11 is 12.0. The number of likely N-dealkylation sites (tertiary alicyclic amines) is 1. The van der Waals surface area contributed by atoms with Crippen LogP contribution in [-0.2, 0) is 4.74 Å². The summed E-state index contributed by atoms with van der Waals surface area (Å²) in [7, 11) is 0. The Balaban J connectivity index is 1.96. The van der Waals surface area contributed by atoms with Gasteiger partial charge in [0.1, 0.15) is 0 Å². The molecule has 4 nitrogen and oxygen atoms in total. The zero-order chi connectivity index (χ0) is 14.5. The first-order valence-electron chi connectivity index (χ1n) is 6.59. The fraction of sp³-hybridized carbons (Fsp3) is 0.500. The molecule has 1 fully saturated rings. The molecule has 1 saturated heterocycles. The van der Waals surface area contributed by atoms with Crippen LogP contribution in [0.3, 0.4) is 0 Å². The Hall–Kier alpha value is -0.810. The van der Waals surface area contributed by atoms with Gasteiger partial charge < -0.3 is 14.7 Å². The van der Waals surface area contributed by atoms with Gasteiger partial charge in [-0.25, -0.2) is 0 Å². The second-order valence-corrected chi connectivity index (χ2v) is 5.47. The summed E-state index contributed by atoms with van der Waals surface area (Å²) in [6.07, 6.45) is 1.65. The van der Waals surface area contributed by atoms with Gasteiger partial charge in [-0.2, -0.15) is 0 Å². The number of rotatable bonds is 4. The number of amides is 1. The van der Waals surface area contributed by atoms with E-state index in [1.165, 1.54) is 0 Å². The molecule has 2 rings (SSSR count). The van der Waals surface area contributed by atoms with Gasteiger partial charge in [-0.1, -0.05) is 29.3 Å². The van der Waals surface area contributed by atoms with Crippen molar-refractivity contribution in [2.75, 3.05) is 26.3 Å². The minimum Gasteiger partial charge on any atom is -0.394 e. The smallest absolute Gasteiger partial charge is 0.255 e. The molecule has 110 valence electrons. The lowest BCUT2D eigenvalue weighted by Gasteiger charge is -2.32. The predicted octanol–water partition coefficient (Wildman–Crippen LogP) is 2.61. The molecule has 20 heavy (non-hydrogen) atoms. The molecule has 1 heterocycles. The first-order chi connectivity index (χ1) is 9.63. The lowest BCUT2D eigenvalue weighted by molar-refractivity contribution is -0.00553. The molecule has 1 N–H and O–H groups in total. The van der Waals surface area contributed by atoms with E-state index in [1.807, 2.05) is 0 Å². The number of hydrogen-bond donors (Lipinski definition) is 1. The quantitative estimate of drug-likeness (QED) is 0.928. The van der Waals surface area contributed by atoms with Crippen LogP contribution in [0, 0.1) is 0 Å². The summed E-state index contributed by atoms with van der Waals surface area (Å²) in [6, 6.07) is 5.07. The minimum atomic E-state index is -0.0990. The lowest BCUT2D eigenvalue weighted by Crippen LogP contribution is -2.41. The third-order valence-corrected chi connectivity index (χ3v) is 4.17. The van der Waals surface area contributed by atoms with Gasteiger partial charge >= 0.3 is 0 Å². The van der Waals surface area contributed by atoms with Crippen molar-refractivity contribution >= 4 is 29.1 Å². The Morgan fingerprint density at radius 2 is 2.05 bits per heavy atom. The number of aliphatic hydroxyl groups is 1. The minimum absolute atomic E-state index is 0.0251. The maximum Gasteiger partial charge on any atom is 0.255 e. The van der Waals surface area contributed by atoms with E-state index in [0.29, 0.717) is 35.3 Å². The molecule has 1 aliphatic heterocycles. The van der Waals surface area contributed by atoms with E-state index < -0.39 is 0 Å². The molecule has 0 unspecified atom stereocenters. The Labute approximate surface area is 128 Å². The molecule has 0 bridgehead atoms. The van der Waals surface area contributed by atoms with Crippen LogP contribution in [0.25, 0.3) is 0 Å². The number of carbonyl (C=O) groups excluding carboxylic acids is 1. The number of nitrogens with zero attached hydrogens (tertiary/aromatic N) is 1. The molecule has 0 radical (unpaired) electrons. The van der Waals surface area contributed by atoms with Crippen LogP contribution in [0.1, 0.15) is 23.2 Å². The molecule has 1 aromatic carbocycles. The molecule has 0 spiro atoms. The number of halogens is 2. The van der Waals surface area contributed by atoms with E-state index in [2.05, 4.69) is 0 Å². The van der Waals surface area contributed by atoms with Crippen LogP contribution < -0.4 is 0 Å². The van der Waals surface area contributed by atoms with Gasteiger partial charge in [-0.3, -0.25) is 4.79 Å². The van der Waals surface area contributed by atoms with Crippen LogP contribution in [-0.4, -0.2) is 48.3 Å². The highest BCUT2D eigenvalue weighted by atomic mass is 35.5. The highest BCUT2D eigenvalue weighted by Gasteiger charge is 2.25. The van der Waals surface area contributed by atoms with Gasteiger partial charge in [0.25, 0.3) is 5.91 Å². The molecule has 6 heteroatoms. The Bertz CT molecular complexity index is 473. The van der Waals surface area contributed by atoms with E-state index >= 15 is 0 Å². The van der Waals surface area contributed by atoms with Gasteiger partial charge in [-0.15, -0.1) is 0 Å². The van der Waals surface area contributed by atoms with Crippen LogP contribution in [0.5, 0.6) is 0 Å². The zero-order valence-corrected chi connectivity index (χ0v) is 12.5. The Kier molecular flexibility index (Phi) is 5.66. The summed E-state index contributed by atoms with van der Waals surface area (Å²) in [5.74, 6) is -0.0990. The number of hydrogen-bond acceptors (Lipinski definition) is 3. The van der Waals surface area contributed by atoms with Crippen molar-refractivity contribution in [3.63, 3.8) is 0 Å². The predicted molar refractivity (Wildman–Crippen MR) is 78.4 cm³/mol. The molecule has 0 aliphatic carbocycles. The SMILES string of the molecule is O=C(c1cccc(Cl)c1Cl)N1CCC(OCCO)CC1.